The van der Waals surface area contributed by atoms with Crippen LogP contribution in [0.3, 0.4) is 0 Å². The summed E-state index contributed by atoms with van der Waals surface area (Å²) in [6.07, 6.45) is 3.26. The number of aromatic nitrogens is 2. The Morgan fingerprint density at radius 2 is 1.97 bits per heavy atom. The normalized spacial score (nSPS) is 14.7. The number of nitrogens with one attached hydrogen (secondary N) is 1. The first-order valence-corrected chi connectivity index (χ1v) is 12.4. The van der Waals surface area contributed by atoms with Gasteiger partial charge in [0.2, 0.25) is 5.91 Å². The van der Waals surface area contributed by atoms with Gasteiger partial charge < -0.3 is 19.7 Å². The van der Waals surface area contributed by atoms with Gasteiger partial charge >= 0.3 is 0 Å². The number of carbonyl (C=O) groups is 1. The third-order valence-corrected chi connectivity index (χ3v) is 7.27. The average Bonchev–Trinajstić information content (AvgIpc) is 3.13. The molecule has 8 heteroatoms. The molecule has 1 amide bonds. The predicted octanol–water partition coefficient (Wildman–Crippen LogP) is 4.72. The summed E-state index contributed by atoms with van der Waals surface area (Å²) < 4.78 is 10.9. The number of hydrogen-bond donors (Lipinski definition) is 1. The van der Waals surface area contributed by atoms with Crippen molar-refractivity contribution in [3.05, 3.63) is 46.6 Å². The summed E-state index contributed by atoms with van der Waals surface area (Å²) in [4.78, 5) is 26.6. The number of carbonyl (C=O) groups excluding carboxylic acids is 1. The lowest BCUT2D eigenvalue weighted by molar-refractivity contribution is -0.120. The van der Waals surface area contributed by atoms with Crippen LogP contribution in [-0.2, 0) is 20.9 Å². The molecule has 0 saturated carbocycles. The summed E-state index contributed by atoms with van der Waals surface area (Å²) in [5.41, 5.74) is 3.11. The first-order chi connectivity index (χ1) is 16.1. The molecule has 176 valence electrons. The quantitative estimate of drug-likeness (QED) is 0.458. The molecule has 0 spiro atoms. The van der Waals surface area contributed by atoms with Crippen molar-refractivity contribution in [1.29, 1.82) is 0 Å². The molecule has 1 aromatic carbocycles. The van der Waals surface area contributed by atoms with Crippen LogP contribution in [0.4, 0.5) is 11.5 Å². The Kier molecular flexibility index (Phi) is 7.90. The van der Waals surface area contributed by atoms with Crippen molar-refractivity contribution >= 4 is 39.0 Å². The molecular weight excluding hydrogens is 436 g/mol. The van der Waals surface area contributed by atoms with Crippen LogP contribution < -0.4 is 10.2 Å². The van der Waals surface area contributed by atoms with Crippen LogP contribution in [-0.4, -0.2) is 48.8 Å². The van der Waals surface area contributed by atoms with Crippen molar-refractivity contribution < 1.29 is 14.3 Å². The van der Waals surface area contributed by atoms with E-state index >= 15 is 0 Å². The van der Waals surface area contributed by atoms with E-state index in [1.807, 2.05) is 31.2 Å². The van der Waals surface area contributed by atoms with E-state index in [2.05, 4.69) is 34.0 Å². The highest BCUT2D eigenvalue weighted by molar-refractivity contribution is 7.18. The number of amides is 1. The monoisotopic (exact) mass is 468 g/mol. The summed E-state index contributed by atoms with van der Waals surface area (Å²) in [5.74, 6) is 1.08. The summed E-state index contributed by atoms with van der Waals surface area (Å²) in [7, 11) is 0. The topological polar surface area (TPSA) is 76.6 Å². The molecule has 0 unspecified atom stereocenters. The Morgan fingerprint density at radius 1 is 1.18 bits per heavy atom. The van der Waals surface area contributed by atoms with E-state index in [0.717, 1.165) is 53.2 Å². The van der Waals surface area contributed by atoms with Gasteiger partial charge in [0.15, 0.2) is 0 Å². The SMILES string of the molecule is CCOCCOCc1cccc(NC(=O)C2CCN(c3ncnc4sc(C)c(C)c34)CC2)c1. The fourth-order valence-electron chi connectivity index (χ4n) is 4.19. The maximum absolute atomic E-state index is 12.9. The molecule has 1 saturated heterocycles. The number of nitrogens with zero attached hydrogens (tertiary/aromatic N) is 3. The van der Waals surface area contributed by atoms with Gasteiger partial charge in [0.05, 0.1) is 25.2 Å². The molecular formula is C25H32N4O3S. The molecule has 0 aliphatic carbocycles. The molecule has 7 nitrogen and oxygen atoms in total. The Bertz CT molecular complexity index is 1090. The van der Waals surface area contributed by atoms with Gasteiger partial charge in [-0.15, -0.1) is 11.3 Å². The maximum atomic E-state index is 12.9. The highest BCUT2D eigenvalue weighted by atomic mass is 32.1. The van der Waals surface area contributed by atoms with E-state index in [-0.39, 0.29) is 11.8 Å². The molecule has 2 aromatic heterocycles. The van der Waals surface area contributed by atoms with Crippen molar-refractivity contribution in [2.75, 3.05) is 43.1 Å². The molecule has 0 atom stereocenters. The maximum Gasteiger partial charge on any atom is 0.227 e. The lowest BCUT2D eigenvalue weighted by atomic mass is 9.95. The lowest BCUT2D eigenvalue weighted by Gasteiger charge is -2.32. The Morgan fingerprint density at radius 3 is 2.76 bits per heavy atom. The third kappa shape index (κ3) is 5.69. The highest BCUT2D eigenvalue weighted by Gasteiger charge is 2.27. The zero-order chi connectivity index (χ0) is 23.2. The predicted molar refractivity (Wildman–Crippen MR) is 133 cm³/mol. The lowest BCUT2D eigenvalue weighted by Crippen LogP contribution is -2.38. The molecule has 1 aliphatic rings. The fourth-order valence-corrected chi connectivity index (χ4v) is 5.18. The van der Waals surface area contributed by atoms with Gasteiger partial charge in [-0.3, -0.25) is 4.79 Å². The van der Waals surface area contributed by atoms with Gasteiger partial charge in [-0.1, -0.05) is 12.1 Å². The van der Waals surface area contributed by atoms with Gasteiger partial charge in [0, 0.05) is 36.2 Å². The number of benzene rings is 1. The van der Waals surface area contributed by atoms with Crippen LogP contribution in [0.1, 0.15) is 35.8 Å². The second-order valence-corrected chi connectivity index (χ2v) is 9.56. The van der Waals surface area contributed by atoms with Crippen molar-refractivity contribution in [2.45, 2.75) is 40.2 Å². The van der Waals surface area contributed by atoms with Gasteiger partial charge in [0.25, 0.3) is 0 Å². The Hall–Kier alpha value is -2.55. The van der Waals surface area contributed by atoms with Crippen LogP contribution in [0, 0.1) is 19.8 Å². The smallest absolute Gasteiger partial charge is 0.227 e. The molecule has 1 N–H and O–H groups in total. The van der Waals surface area contributed by atoms with Crippen LogP contribution in [0.25, 0.3) is 10.2 Å². The van der Waals surface area contributed by atoms with Gasteiger partial charge in [-0.2, -0.15) is 0 Å². The highest BCUT2D eigenvalue weighted by Crippen LogP contribution is 2.35. The molecule has 1 aliphatic heterocycles. The van der Waals surface area contributed by atoms with Gasteiger partial charge in [0.1, 0.15) is 17.0 Å². The molecule has 4 rings (SSSR count). The molecule has 33 heavy (non-hydrogen) atoms. The van der Waals surface area contributed by atoms with E-state index in [0.29, 0.717) is 26.4 Å². The van der Waals surface area contributed by atoms with Crippen LogP contribution >= 0.6 is 11.3 Å². The minimum atomic E-state index is -0.00464. The van der Waals surface area contributed by atoms with E-state index in [1.165, 1.54) is 10.4 Å². The van der Waals surface area contributed by atoms with E-state index in [9.17, 15) is 4.79 Å². The summed E-state index contributed by atoms with van der Waals surface area (Å²) in [6.45, 7) is 10.2. The number of fused-ring (bicyclic) bond motifs is 1. The molecule has 0 bridgehead atoms. The van der Waals surface area contributed by atoms with Crippen molar-refractivity contribution in [2.24, 2.45) is 5.92 Å². The second-order valence-electron chi connectivity index (χ2n) is 8.36. The van der Waals surface area contributed by atoms with E-state index in [4.69, 9.17) is 9.47 Å². The van der Waals surface area contributed by atoms with Crippen LogP contribution in [0.15, 0.2) is 30.6 Å². The molecule has 3 aromatic rings. The Balaban J connectivity index is 1.32. The fraction of sp³-hybridized carbons (Fsp3) is 0.480. The number of thiophene rings is 1. The Labute approximate surface area is 199 Å². The average molecular weight is 469 g/mol. The first-order valence-electron chi connectivity index (χ1n) is 11.6. The number of ether oxygens (including phenoxy) is 2. The number of aryl methyl sites for hydroxylation is 2. The van der Waals surface area contributed by atoms with Crippen molar-refractivity contribution in [3.8, 4) is 0 Å². The third-order valence-electron chi connectivity index (χ3n) is 6.15. The van der Waals surface area contributed by atoms with E-state index in [1.54, 1.807) is 17.7 Å². The minimum Gasteiger partial charge on any atom is -0.379 e. The minimum absolute atomic E-state index is 0.00464. The second kappa shape index (κ2) is 11.0. The van der Waals surface area contributed by atoms with Crippen molar-refractivity contribution in [1.82, 2.24) is 9.97 Å². The molecule has 0 radical (unpaired) electrons. The number of piperidine rings is 1. The summed E-state index contributed by atoms with van der Waals surface area (Å²) in [5, 5.41) is 4.25. The number of rotatable bonds is 9. The zero-order valence-electron chi connectivity index (χ0n) is 19.6. The van der Waals surface area contributed by atoms with Crippen LogP contribution in [0.5, 0.6) is 0 Å². The summed E-state index contributed by atoms with van der Waals surface area (Å²) >= 11 is 1.72. The molecule has 3 heterocycles. The van der Waals surface area contributed by atoms with E-state index < -0.39 is 0 Å². The van der Waals surface area contributed by atoms with Crippen LogP contribution in [0.2, 0.25) is 0 Å². The van der Waals surface area contributed by atoms with Gasteiger partial charge in [-0.05, 0) is 56.9 Å². The zero-order valence-corrected chi connectivity index (χ0v) is 20.4. The molecule has 1 fully saturated rings. The number of anilines is 2. The number of hydrogen-bond acceptors (Lipinski definition) is 7. The first kappa shape index (κ1) is 23.6. The standard InChI is InChI=1S/C25H32N4O3S/c1-4-31-12-13-32-15-19-6-5-7-21(14-19)28-24(30)20-8-10-29(11-9-20)23-22-17(2)18(3)33-25(22)27-16-26-23/h5-7,14,16,20H,4,8-13,15H2,1-3H3,(H,28,30). The summed E-state index contributed by atoms with van der Waals surface area (Å²) in [6, 6.07) is 7.86. The van der Waals surface area contributed by atoms with Crippen molar-refractivity contribution in [3.63, 3.8) is 0 Å². The van der Waals surface area contributed by atoms with Gasteiger partial charge in [-0.25, -0.2) is 9.97 Å². The largest absolute Gasteiger partial charge is 0.379 e.